The van der Waals surface area contributed by atoms with E-state index in [1.165, 1.54) is 6.07 Å². The van der Waals surface area contributed by atoms with Crippen LogP contribution in [0.2, 0.25) is 5.02 Å². The van der Waals surface area contributed by atoms with Gasteiger partial charge in [0.15, 0.2) is 11.4 Å². The van der Waals surface area contributed by atoms with Crippen LogP contribution in [0.5, 0.6) is 0 Å². The van der Waals surface area contributed by atoms with E-state index in [4.69, 9.17) is 16.0 Å². The highest BCUT2D eigenvalue weighted by Gasteiger charge is 2.16. The number of hydrogen-bond donors (Lipinski definition) is 1. The maximum atomic E-state index is 13.7. The third-order valence-corrected chi connectivity index (χ3v) is 3.00. The first-order valence-corrected chi connectivity index (χ1v) is 6.15. The van der Waals surface area contributed by atoms with Gasteiger partial charge in [0.1, 0.15) is 5.76 Å². The first-order chi connectivity index (χ1) is 8.17. The molecule has 4 heteroatoms. The minimum Gasteiger partial charge on any atom is -0.456 e. The van der Waals surface area contributed by atoms with Crippen molar-refractivity contribution in [1.29, 1.82) is 0 Å². The van der Waals surface area contributed by atoms with Gasteiger partial charge in [0.25, 0.3) is 0 Å². The molecule has 2 nitrogen and oxygen atoms in total. The van der Waals surface area contributed by atoms with E-state index in [0.717, 1.165) is 29.7 Å². The molecule has 0 fully saturated rings. The number of furan rings is 1. The first kappa shape index (κ1) is 12.4. The molecular formula is C13H15ClFNO. The van der Waals surface area contributed by atoms with Gasteiger partial charge in [-0.2, -0.15) is 0 Å². The van der Waals surface area contributed by atoms with Crippen LogP contribution in [0.25, 0.3) is 11.0 Å². The van der Waals surface area contributed by atoms with Crippen molar-refractivity contribution >= 4 is 22.6 Å². The average Bonchev–Trinajstić information content (AvgIpc) is 2.64. The van der Waals surface area contributed by atoms with Crippen LogP contribution in [-0.4, -0.2) is 6.54 Å². The quantitative estimate of drug-likeness (QED) is 0.896. The fraction of sp³-hybridized carbons (Fsp3) is 0.385. The van der Waals surface area contributed by atoms with Crippen LogP contribution >= 0.6 is 11.6 Å². The zero-order chi connectivity index (χ0) is 12.4. The van der Waals surface area contributed by atoms with Gasteiger partial charge in [-0.05, 0) is 25.1 Å². The number of halogens is 2. The molecule has 0 saturated heterocycles. The molecule has 1 aromatic carbocycles. The van der Waals surface area contributed by atoms with Gasteiger partial charge in [0.05, 0.1) is 6.54 Å². The number of nitrogens with one attached hydrogen (secondary N) is 1. The highest BCUT2D eigenvalue weighted by atomic mass is 35.5. The van der Waals surface area contributed by atoms with Crippen molar-refractivity contribution in [3.63, 3.8) is 0 Å². The van der Waals surface area contributed by atoms with Gasteiger partial charge in [-0.3, -0.25) is 0 Å². The van der Waals surface area contributed by atoms with Crippen LogP contribution in [0.4, 0.5) is 4.39 Å². The fourth-order valence-corrected chi connectivity index (χ4v) is 2.20. The van der Waals surface area contributed by atoms with E-state index < -0.39 is 5.82 Å². The van der Waals surface area contributed by atoms with Gasteiger partial charge >= 0.3 is 0 Å². The first-order valence-electron chi connectivity index (χ1n) is 5.77. The molecule has 0 aliphatic rings. The molecule has 17 heavy (non-hydrogen) atoms. The molecule has 2 rings (SSSR count). The monoisotopic (exact) mass is 255 g/mol. The van der Waals surface area contributed by atoms with Crippen molar-refractivity contribution in [1.82, 2.24) is 5.32 Å². The second kappa shape index (κ2) is 5.07. The number of hydrogen-bond acceptors (Lipinski definition) is 2. The van der Waals surface area contributed by atoms with E-state index in [2.05, 4.69) is 5.32 Å². The van der Waals surface area contributed by atoms with E-state index in [0.29, 0.717) is 17.2 Å². The van der Waals surface area contributed by atoms with Crippen LogP contribution in [0.15, 0.2) is 16.5 Å². The zero-order valence-corrected chi connectivity index (χ0v) is 10.7. The topological polar surface area (TPSA) is 25.2 Å². The zero-order valence-electron chi connectivity index (χ0n) is 9.94. The summed E-state index contributed by atoms with van der Waals surface area (Å²) in [4.78, 5) is 0. The lowest BCUT2D eigenvalue weighted by Crippen LogP contribution is -2.12. The smallest absolute Gasteiger partial charge is 0.170 e. The van der Waals surface area contributed by atoms with Gasteiger partial charge in [0.2, 0.25) is 0 Å². The molecular weight excluding hydrogens is 241 g/mol. The summed E-state index contributed by atoms with van der Waals surface area (Å²) in [6.07, 6.45) is 0.799. The van der Waals surface area contributed by atoms with Gasteiger partial charge in [-0.1, -0.05) is 25.4 Å². The number of fused-ring (bicyclic) bond motifs is 1. The molecule has 0 aliphatic carbocycles. The molecule has 92 valence electrons. The summed E-state index contributed by atoms with van der Waals surface area (Å²) in [5.41, 5.74) is 1.33. The van der Waals surface area contributed by atoms with Crippen LogP contribution in [0, 0.1) is 5.82 Å². The van der Waals surface area contributed by atoms with Crippen LogP contribution in [0.3, 0.4) is 0 Å². The lowest BCUT2D eigenvalue weighted by Gasteiger charge is -2.00. The van der Waals surface area contributed by atoms with Crippen molar-refractivity contribution < 1.29 is 8.81 Å². The molecule has 0 atom stereocenters. The summed E-state index contributed by atoms with van der Waals surface area (Å²) >= 11 is 5.87. The summed E-state index contributed by atoms with van der Waals surface area (Å²) in [6, 6.07) is 3.04. The molecule has 0 saturated carbocycles. The Morgan fingerprint density at radius 3 is 2.76 bits per heavy atom. The minimum absolute atomic E-state index is 0.305. The Balaban J connectivity index is 2.58. The summed E-state index contributed by atoms with van der Waals surface area (Å²) in [5.74, 6) is 0.399. The Morgan fingerprint density at radius 1 is 1.35 bits per heavy atom. The van der Waals surface area contributed by atoms with Crippen LogP contribution < -0.4 is 5.32 Å². The van der Waals surface area contributed by atoms with Crippen LogP contribution in [-0.2, 0) is 13.0 Å². The van der Waals surface area contributed by atoms with Crippen molar-refractivity contribution in [2.75, 3.05) is 6.54 Å². The van der Waals surface area contributed by atoms with Crippen molar-refractivity contribution in [3.8, 4) is 0 Å². The lowest BCUT2D eigenvalue weighted by atomic mass is 10.1. The van der Waals surface area contributed by atoms with Gasteiger partial charge in [0, 0.05) is 16.0 Å². The van der Waals surface area contributed by atoms with Crippen LogP contribution in [0.1, 0.15) is 25.2 Å². The predicted molar refractivity (Wildman–Crippen MR) is 67.9 cm³/mol. The second-order valence-electron chi connectivity index (χ2n) is 3.90. The molecule has 1 aromatic heterocycles. The Morgan fingerprint density at radius 2 is 2.12 bits per heavy atom. The standard InChI is InChI=1S/C13H15ClFNO/c1-3-9-10-5-8(14)6-11(15)13(10)17-12(9)7-16-4-2/h5-6,16H,3-4,7H2,1-2H3. The number of rotatable bonds is 4. The van der Waals surface area contributed by atoms with E-state index in [9.17, 15) is 4.39 Å². The Kier molecular flexibility index (Phi) is 3.69. The van der Waals surface area contributed by atoms with Crippen molar-refractivity contribution in [2.24, 2.45) is 0 Å². The summed E-state index contributed by atoms with van der Waals surface area (Å²) in [7, 11) is 0. The van der Waals surface area contributed by atoms with Gasteiger partial charge in [-0.15, -0.1) is 0 Å². The van der Waals surface area contributed by atoms with E-state index in [1.807, 2.05) is 13.8 Å². The summed E-state index contributed by atoms with van der Waals surface area (Å²) in [5, 5.41) is 4.37. The Hall–Kier alpha value is -1.06. The molecule has 0 amide bonds. The SMILES string of the molecule is CCNCc1oc2c(F)cc(Cl)cc2c1CC. The molecule has 0 spiro atoms. The maximum absolute atomic E-state index is 13.7. The maximum Gasteiger partial charge on any atom is 0.170 e. The van der Waals surface area contributed by atoms with Crippen molar-refractivity contribution in [2.45, 2.75) is 26.8 Å². The molecule has 0 aliphatic heterocycles. The summed E-state index contributed by atoms with van der Waals surface area (Å²) in [6.45, 7) is 5.51. The Labute approximate surface area is 105 Å². The minimum atomic E-state index is -0.398. The molecule has 1 heterocycles. The Bertz CT molecular complexity index is 536. The van der Waals surface area contributed by atoms with E-state index >= 15 is 0 Å². The third-order valence-electron chi connectivity index (χ3n) is 2.78. The molecule has 1 N–H and O–H groups in total. The van der Waals surface area contributed by atoms with E-state index in [1.54, 1.807) is 6.07 Å². The number of aryl methyl sites for hydroxylation is 1. The second-order valence-corrected chi connectivity index (χ2v) is 4.34. The largest absolute Gasteiger partial charge is 0.456 e. The normalized spacial score (nSPS) is 11.3. The third kappa shape index (κ3) is 2.31. The highest BCUT2D eigenvalue weighted by Crippen LogP contribution is 2.31. The average molecular weight is 256 g/mol. The predicted octanol–water partition coefficient (Wildman–Crippen LogP) is 3.90. The number of benzene rings is 1. The van der Waals surface area contributed by atoms with Crippen molar-refractivity contribution in [3.05, 3.63) is 34.3 Å². The highest BCUT2D eigenvalue weighted by molar-refractivity contribution is 6.31. The molecule has 0 bridgehead atoms. The van der Waals surface area contributed by atoms with Gasteiger partial charge in [-0.25, -0.2) is 4.39 Å². The molecule has 0 radical (unpaired) electrons. The summed E-state index contributed by atoms with van der Waals surface area (Å²) < 4.78 is 19.3. The lowest BCUT2D eigenvalue weighted by molar-refractivity contribution is 0.495. The van der Waals surface area contributed by atoms with E-state index in [-0.39, 0.29) is 0 Å². The molecule has 0 unspecified atom stereocenters. The fourth-order valence-electron chi connectivity index (χ4n) is 1.99. The molecule has 2 aromatic rings. The van der Waals surface area contributed by atoms with Gasteiger partial charge < -0.3 is 9.73 Å².